The number of ether oxygens (including phenoxy) is 1. The Morgan fingerprint density at radius 1 is 0.950 bits per heavy atom. The predicted molar refractivity (Wildman–Crippen MR) is 79.2 cm³/mol. The van der Waals surface area contributed by atoms with Crippen molar-refractivity contribution in [1.82, 2.24) is 0 Å². The van der Waals surface area contributed by atoms with E-state index in [4.69, 9.17) is 44.6 Å². The summed E-state index contributed by atoms with van der Waals surface area (Å²) < 4.78 is 5.51. The lowest BCUT2D eigenvalue weighted by Crippen LogP contribution is -1.99. The highest BCUT2D eigenvalue weighted by atomic mass is 35.5. The van der Waals surface area contributed by atoms with Crippen LogP contribution in [0, 0.1) is 0 Å². The van der Waals surface area contributed by atoms with Gasteiger partial charge in [-0.3, -0.25) is 0 Å². The van der Waals surface area contributed by atoms with Gasteiger partial charge in [0.15, 0.2) is 0 Å². The highest BCUT2D eigenvalue weighted by Gasteiger charge is 2.07. The molecule has 0 atom stereocenters. The molecule has 0 fully saturated rings. The van der Waals surface area contributed by atoms with E-state index < -0.39 is 5.97 Å². The number of aromatic carboxylic acids is 1. The molecule has 0 heterocycles. The Morgan fingerprint density at radius 3 is 2.15 bits per heavy atom. The Bertz CT molecular complexity index is 636. The predicted octanol–water partition coefficient (Wildman–Crippen LogP) is 4.92. The van der Waals surface area contributed by atoms with Crippen molar-refractivity contribution in [3.05, 3.63) is 62.6 Å². The molecule has 0 spiro atoms. The minimum atomic E-state index is -1.07. The van der Waals surface area contributed by atoms with E-state index in [-0.39, 0.29) is 12.2 Å². The number of benzene rings is 2. The van der Waals surface area contributed by atoms with Gasteiger partial charge >= 0.3 is 5.97 Å². The number of carbonyl (C=O) groups is 1. The second kappa shape index (κ2) is 6.35. The van der Waals surface area contributed by atoms with Crippen molar-refractivity contribution in [1.29, 1.82) is 0 Å². The molecule has 0 aromatic heterocycles. The minimum absolute atomic E-state index is 0.0663. The molecule has 6 heteroatoms. The van der Waals surface area contributed by atoms with Gasteiger partial charge in [0.25, 0.3) is 0 Å². The maximum atomic E-state index is 10.9. The van der Waals surface area contributed by atoms with Gasteiger partial charge in [0.1, 0.15) is 12.4 Å². The lowest BCUT2D eigenvalue weighted by Gasteiger charge is -2.08. The van der Waals surface area contributed by atoms with E-state index in [2.05, 4.69) is 0 Å². The van der Waals surface area contributed by atoms with E-state index in [1.165, 1.54) is 12.1 Å². The summed E-state index contributed by atoms with van der Waals surface area (Å²) in [5.74, 6) is -0.700. The van der Waals surface area contributed by atoms with Crippen molar-refractivity contribution in [2.75, 3.05) is 0 Å². The normalized spacial score (nSPS) is 10.3. The van der Waals surface area contributed by atoms with Gasteiger partial charge in [0.2, 0.25) is 0 Å². The van der Waals surface area contributed by atoms with Crippen LogP contribution in [0.5, 0.6) is 5.75 Å². The molecular weight excluding hydrogens is 323 g/mol. The number of carboxylic acid groups (broad SMARTS) is 1. The van der Waals surface area contributed by atoms with Gasteiger partial charge in [-0.25, -0.2) is 4.79 Å². The maximum absolute atomic E-state index is 10.9. The number of carboxylic acids is 1. The van der Waals surface area contributed by atoms with E-state index in [0.29, 0.717) is 20.8 Å². The highest BCUT2D eigenvalue weighted by molar-refractivity contribution is 6.34. The summed E-state index contributed by atoms with van der Waals surface area (Å²) in [4.78, 5) is 10.9. The van der Waals surface area contributed by atoms with Crippen LogP contribution in [0.4, 0.5) is 0 Å². The first-order valence-corrected chi connectivity index (χ1v) is 6.69. The second-order valence-corrected chi connectivity index (χ2v) is 5.36. The lowest BCUT2D eigenvalue weighted by molar-refractivity contribution is 0.0696. The van der Waals surface area contributed by atoms with Crippen LogP contribution < -0.4 is 4.74 Å². The van der Waals surface area contributed by atoms with Crippen molar-refractivity contribution in [2.24, 2.45) is 0 Å². The fourth-order valence-corrected chi connectivity index (χ4v) is 2.43. The first-order chi connectivity index (χ1) is 9.44. The molecule has 0 aliphatic carbocycles. The van der Waals surface area contributed by atoms with E-state index in [1.54, 1.807) is 24.3 Å². The Balaban J connectivity index is 2.16. The molecule has 1 N–H and O–H groups in total. The van der Waals surface area contributed by atoms with E-state index >= 15 is 0 Å². The zero-order chi connectivity index (χ0) is 14.7. The van der Waals surface area contributed by atoms with Crippen LogP contribution in [0.15, 0.2) is 36.4 Å². The third-order valence-corrected chi connectivity index (χ3v) is 3.10. The number of rotatable bonds is 4. The van der Waals surface area contributed by atoms with Gasteiger partial charge < -0.3 is 9.84 Å². The van der Waals surface area contributed by atoms with Gasteiger partial charge in [-0.2, -0.15) is 0 Å². The van der Waals surface area contributed by atoms with Crippen LogP contribution in [0.25, 0.3) is 0 Å². The van der Waals surface area contributed by atoms with Crippen molar-refractivity contribution >= 4 is 40.8 Å². The molecule has 0 saturated heterocycles. The van der Waals surface area contributed by atoms with Crippen LogP contribution in [0.3, 0.4) is 0 Å². The summed E-state index contributed by atoms with van der Waals surface area (Å²) >= 11 is 17.6. The van der Waals surface area contributed by atoms with Crippen molar-refractivity contribution < 1.29 is 14.6 Å². The molecule has 0 aliphatic rings. The van der Waals surface area contributed by atoms with Crippen LogP contribution in [-0.4, -0.2) is 11.1 Å². The minimum Gasteiger partial charge on any atom is -0.489 e. The summed E-state index contributed by atoms with van der Waals surface area (Å²) in [6.45, 7) is 0.208. The Labute approximate surface area is 130 Å². The van der Waals surface area contributed by atoms with Gasteiger partial charge in [-0.15, -0.1) is 0 Å². The molecule has 0 unspecified atom stereocenters. The summed E-state index contributed by atoms with van der Waals surface area (Å²) in [7, 11) is 0. The molecule has 0 saturated carbocycles. The van der Waals surface area contributed by atoms with Gasteiger partial charge in [0, 0.05) is 15.1 Å². The first-order valence-electron chi connectivity index (χ1n) is 5.56. The van der Waals surface area contributed by atoms with Gasteiger partial charge in [-0.05, 0) is 42.0 Å². The molecule has 3 nitrogen and oxygen atoms in total. The largest absolute Gasteiger partial charge is 0.489 e. The van der Waals surface area contributed by atoms with E-state index in [9.17, 15) is 4.79 Å². The molecule has 2 aromatic carbocycles. The average molecular weight is 332 g/mol. The quantitative estimate of drug-likeness (QED) is 0.864. The smallest absolute Gasteiger partial charge is 0.335 e. The standard InChI is InChI=1S/C14H9Cl3O3/c15-10-1-8(2-11(16)5-10)7-20-13-4-9(14(18)19)3-12(17)6-13/h1-6H,7H2,(H,18,19). The van der Waals surface area contributed by atoms with E-state index in [0.717, 1.165) is 5.56 Å². The second-order valence-electron chi connectivity index (χ2n) is 4.05. The number of hydrogen-bond donors (Lipinski definition) is 1. The molecule has 20 heavy (non-hydrogen) atoms. The zero-order valence-electron chi connectivity index (χ0n) is 10.1. The van der Waals surface area contributed by atoms with Gasteiger partial charge in [-0.1, -0.05) is 34.8 Å². The van der Waals surface area contributed by atoms with Gasteiger partial charge in [0.05, 0.1) is 5.56 Å². The Morgan fingerprint density at radius 2 is 1.55 bits per heavy atom. The van der Waals surface area contributed by atoms with Crippen molar-refractivity contribution in [3.63, 3.8) is 0 Å². The monoisotopic (exact) mass is 330 g/mol. The fraction of sp³-hybridized carbons (Fsp3) is 0.0714. The van der Waals surface area contributed by atoms with Crippen LogP contribution in [-0.2, 0) is 6.61 Å². The van der Waals surface area contributed by atoms with Crippen molar-refractivity contribution in [2.45, 2.75) is 6.61 Å². The third-order valence-electron chi connectivity index (χ3n) is 2.45. The Hall–Kier alpha value is -1.42. The molecule has 0 amide bonds. The molecule has 0 aliphatic heterocycles. The van der Waals surface area contributed by atoms with Crippen molar-refractivity contribution in [3.8, 4) is 5.75 Å². The SMILES string of the molecule is O=C(O)c1cc(Cl)cc(OCc2cc(Cl)cc(Cl)c2)c1. The highest BCUT2D eigenvalue weighted by Crippen LogP contribution is 2.24. The topological polar surface area (TPSA) is 46.5 Å². The first kappa shape index (κ1) is 15.0. The van der Waals surface area contributed by atoms with Crippen LogP contribution >= 0.6 is 34.8 Å². The summed E-state index contributed by atoms with van der Waals surface area (Å²) in [5.41, 5.74) is 0.843. The average Bonchev–Trinajstić information content (AvgIpc) is 2.34. The molecule has 0 radical (unpaired) electrons. The van der Waals surface area contributed by atoms with E-state index in [1.807, 2.05) is 0 Å². The Kier molecular flexibility index (Phi) is 4.76. The third kappa shape index (κ3) is 4.04. The number of hydrogen-bond acceptors (Lipinski definition) is 2. The molecule has 0 bridgehead atoms. The molecular formula is C14H9Cl3O3. The summed E-state index contributed by atoms with van der Waals surface area (Å²) in [6.07, 6.45) is 0. The summed E-state index contributed by atoms with van der Waals surface area (Å²) in [6, 6.07) is 9.36. The fourth-order valence-electron chi connectivity index (χ4n) is 1.63. The van der Waals surface area contributed by atoms with Crippen LogP contribution in [0.2, 0.25) is 15.1 Å². The maximum Gasteiger partial charge on any atom is 0.335 e. The molecule has 2 aromatic rings. The number of halogens is 3. The molecule has 2 rings (SSSR count). The summed E-state index contributed by atoms with van der Waals surface area (Å²) in [5, 5.41) is 10.3. The zero-order valence-corrected chi connectivity index (χ0v) is 12.3. The van der Waals surface area contributed by atoms with Crippen LogP contribution in [0.1, 0.15) is 15.9 Å². The lowest BCUT2D eigenvalue weighted by atomic mass is 10.2. The molecule has 104 valence electrons.